The summed E-state index contributed by atoms with van der Waals surface area (Å²) in [6.07, 6.45) is 3.83. The highest BCUT2D eigenvalue weighted by Crippen LogP contribution is 2.14. The molecule has 0 amide bonds. The van der Waals surface area contributed by atoms with Crippen LogP contribution in [0.4, 0.5) is 0 Å². The first-order valence-electron chi connectivity index (χ1n) is 5.06. The third kappa shape index (κ3) is 3.84. The molecule has 0 saturated heterocycles. The fourth-order valence-corrected chi connectivity index (χ4v) is 2.69. The van der Waals surface area contributed by atoms with Gasteiger partial charge in [-0.3, -0.25) is 4.98 Å². The summed E-state index contributed by atoms with van der Waals surface area (Å²) in [7, 11) is -3.43. The first-order chi connectivity index (χ1) is 7.45. The van der Waals surface area contributed by atoms with Gasteiger partial charge in [-0.25, -0.2) is 13.1 Å². The largest absolute Gasteiger partial charge is 0.262 e. The summed E-state index contributed by atoms with van der Waals surface area (Å²) in [4.78, 5) is 4.02. The van der Waals surface area contributed by atoms with Crippen LogP contribution in [-0.4, -0.2) is 19.9 Å². The minimum atomic E-state index is -3.43. The molecule has 1 unspecified atom stereocenters. The predicted molar refractivity (Wildman–Crippen MR) is 66.6 cm³/mol. The lowest BCUT2D eigenvalue weighted by Crippen LogP contribution is -2.28. The molecule has 0 fully saturated rings. The molecule has 0 aromatic carbocycles. The van der Waals surface area contributed by atoms with Gasteiger partial charge in [-0.05, 0) is 27.9 Å². The number of pyridine rings is 1. The van der Waals surface area contributed by atoms with Crippen LogP contribution in [0, 0.1) is 5.92 Å². The van der Waals surface area contributed by atoms with Crippen molar-refractivity contribution < 1.29 is 8.42 Å². The Morgan fingerprint density at radius 2 is 2.19 bits per heavy atom. The molecule has 0 bridgehead atoms. The van der Waals surface area contributed by atoms with E-state index in [0.717, 1.165) is 6.42 Å². The Balaban J connectivity index is 2.78. The zero-order chi connectivity index (χ0) is 12.2. The van der Waals surface area contributed by atoms with Crippen molar-refractivity contribution in [3.8, 4) is 0 Å². The molecule has 4 nitrogen and oxygen atoms in total. The summed E-state index contributed by atoms with van der Waals surface area (Å²) < 4.78 is 26.9. The van der Waals surface area contributed by atoms with Gasteiger partial charge in [0.2, 0.25) is 10.0 Å². The second-order valence-corrected chi connectivity index (χ2v) is 6.39. The van der Waals surface area contributed by atoms with Crippen molar-refractivity contribution in [3.05, 3.63) is 22.9 Å². The maximum absolute atomic E-state index is 11.8. The molecular weight excluding hydrogens is 292 g/mol. The third-order valence-corrected chi connectivity index (χ3v) is 4.13. The van der Waals surface area contributed by atoms with Crippen molar-refractivity contribution in [2.75, 3.05) is 6.54 Å². The predicted octanol–water partition coefficient (Wildman–Crippen LogP) is 2.17. The van der Waals surface area contributed by atoms with Crippen LogP contribution in [0.1, 0.15) is 20.3 Å². The number of aromatic nitrogens is 1. The Bertz CT molecular complexity index is 448. The number of sulfonamides is 1. The maximum atomic E-state index is 11.8. The van der Waals surface area contributed by atoms with Crippen LogP contribution < -0.4 is 4.72 Å². The van der Waals surface area contributed by atoms with Gasteiger partial charge in [0.25, 0.3) is 0 Å². The fraction of sp³-hybridized carbons (Fsp3) is 0.500. The van der Waals surface area contributed by atoms with Crippen molar-refractivity contribution in [3.63, 3.8) is 0 Å². The van der Waals surface area contributed by atoms with E-state index in [4.69, 9.17) is 0 Å². The standard InChI is InChI=1S/C10H15BrN2O2S/c1-3-8(2)5-13-16(14,15)10-4-9(11)6-12-7-10/h4,6-8,13H,3,5H2,1-2H3. The summed E-state index contributed by atoms with van der Waals surface area (Å²) >= 11 is 3.19. The molecule has 0 spiro atoms. The van der Waals surface area contributed by atoms with Gasteiger partial charge >= 0.3 is 0 Å². The van der Waals surface area contributed by atoms with Crippen LogP contribution in [0.5, 0.6) is 0 Å². The van der Waals surface area contributed by atoms with E-state index in [1.807, 2.05) is 13.8 Å². The van der Waals surface area contributed by atoms with Gasteiger partial charge < -0.3 is 0 Å². The van der Waals surface area contributed by atoms with Crippen molar-refractivity contribution in [2.45, 2.75) is 25.2 Å². The fourth-order valence-electron chi connectivity index (χ4n) is 1.02. The van der Waals surface area contributed by atoms with E-state index in [1.165, 1.54) is 12.3 Å². The summed E-state index contributed by atoms with van der Waals surface area (Å²) in [6.45, 7) is 4.48. The SMILES string of the molecule is CCC(C)CNS(=O)(=O)c1cncc(Br)c1. The number of hydrogen-bond acceptors (Lipinski definition) is 3. The van der Waals surface area contributed by atoms with Gasteiger partial charge in [0.1, 0.15) is 4.90 Å². The molecule has 1 heterocycles. The minimum Gasteiger partial charge on any atom is -0.262 e. The van der Waals surface area contributed by atoms with Gasteiger partial charge in [0, 0.05) is 23.4 Å². The van der Waals surface area contributed by atoms with Gasteiger partial charge in [0.05, 0.1) is 0 Å². The zero-order valence-corrected chi connectivity index (χ0v) is 11.7. The highest BCUT2D eigenvalue weighted by atomic mass is 79.9. The molecule has 0 radical (unpaired) electrons. The van der Waals surface area contributed by atoms with E-state index in [2.05, 4.69) is 25.6 Å². The Hall–Kier alpha value is -0.460. The average molecular weight is 307 g/mol. The molecule has 1 aromatic heterocycles. The molecule has 0 aliphatic heterocycles. The van der Waals surface area contributed by atoms with Crippen molar-refractivity contribution in [1.82, 2.24) is 9.71 Å². The van der Waals surface area contributed by atoms with Crippen molar-refractivity contribution in [2.24, 2.45) is 5.92 Å². The molecule has 0 saturated carbocycles. The van der Waals surface area contributed by atoms with Crippen LogP contribution >= 0.6 is 15.9 Å². The molecular formula is C10H15BrN2O2S. The van der Waals surface area contributed by atoms with E-state index in [0.29, 0.717) is 16.9 Å². The molecule has 1 aromatic rings. The van der Waals surface area contributed by atoms with Crippen LogP contribution in [0.2, 0.25) is 0 Å². The summed E-state index contributed by atoms with van der Waals surface area (Å²) in [6, 6.07) is 1.53. The quantitative estimate of drug-likeness (QED) is 0.907. The lowest BCUT2D eigenvalue weighted by molar-refractivity contribution is 0.528. The Kier molecular flexibility index (Phi) is 4.89. The minimum absolute atomic E-state index is 0.185. The number of hydrogen-bond donors (Lipinski definition) is 1. The van der Waals surface area contributed by atoms with E-state index in [9.17, 15) is 8.42 Å². The molecule has 1 N–H and O–H groups in total. The van der Waals surface area contributed by atoms with Crippen molar-refractivity contribution in [1.29, 1.82) is 0 Å². The van der Waals surface area contributed by atoms with E-state index >= 15 is 0 Å². The average Bonchev–Trinajstić information content (AvgIpc) is 2.26. The zero-order valence-electron chi connectivity index (χ0n) is 9.27. The highest BCUT2D eigenvalue weighted by Gasteiger charge is 2.15. The molecule has 90 valence electrons. The summed E-state index contributed by atoms with van der Waals surface area (Å²) in [5.41, 5.74) is 0. The molecule has 6 heteroatoms. The summed E-state index contributed by atoms with van der Waals surface area (Å²) in [5.74, 6) is 0.329. The lowest BCUT2D eigenvalue weighted by atomic mass is 10.1. The normalized spacial score (nSPS) is 13.7. The molecule has 1 rings (SSSR count). The first kappa shape index (κ1) is 13.6. The molecule has 0 aliphatic carbocycles. The lowest BCUT2D eigenvalue weighted by Gasteiger charge is -2.10. The second-order valence-electron chi connectivity index (χ2n) is 3.70. The Morgan fingerprint density at radius 3 is 2.75 bits per heavy atom. The monoisotopic (exact) mass is 306 g/mol. The van der Waals surface area contributed by atoms with Gasteiger partial charge in [-0.2, -0.15) is 0 Å². The van der Waals surface area contributed by atoms with E-state index < -0.39 is 10.0 Å². The van der Waals surface area contributed by atoms with Gasteiger partial charge in [-0.15, -0.1) is 0 Å². The molecule has 1 atom stereocenters. The van der Waals surface area contributed by atoms with E-state index in [-0.39, 0.29) is 4.90 Å². The van der Waals surface area contributed by atoms with Gasteiger partial charge in [-0.1, -0.05) is 20.3 Å². The van der Waals surface area contributed by atoms with Crippen LogP contribution in [-0.2, 0) is 10.0 Å². The first-order valence-corrected chi connectivity index (χ1v) is 7.33. The molecule has 16 heavy (non-hydrogen) atoms. The number of halogens is 1. The highest BCUT2D eigenvalue weighted by molar-refractivity contribution is 9.10. The van der Waals surface area contributed by atoms with Gasteiger partial charge in [0.15, 0.2) is 0 Å². The van der Waals surface area contributed by atoms with Crippen molar-refractivity contribution >= 4 is 26.0 Å². The maximum Gasteiger partial charge on any atom is 0.242 e. The van der Waals surface area contributed by atoms with Crippen LogP contribution in [0.25, 0.3) is 0 Å². The number of rotatable bonds is 5. The van der Waals surface area contributed by atoms with Crippen LogP contribution in [0.15, 0.2) is 27.8 Å². The summed E-state index contributed by atoms with van der Waals surface area (Å²) in [5, 5.41) is 0. The third-order valence-electron chi connectivity index (χ3n) is 2.31. The number of nitrogens with one attached hydrogen (secondary N) is 1. The topological polar surface area (TPSA) is 59.1 Å². The second kappa shape index (κ2) is 5.75. The Labute approximate surface area is 105 Å². The molecule has 0 aliphatic rings. The smallest absolute Gasteiger partial charge is 0.242 e. The number of nitrogens with zero attached hydrogens (tertiary/aromatic N) is 1. The van der Waals surface area contributed by atoms with Crippen LogP contribution in [0.3, 0.4) is 0 Å². The Morgan fingerprint density at radius 1 is 1.50 bits per heavy atom. The van der Waals surface area contributed by atoms with E-state index in [1.54, 1.807) is 6.20 Å².